The molecule has 1 saturated carbocycles. The molecule has 19 heavy (non-hydrogen) atoms. The first-order valence-electron chi connectivity index (χ1n) is 6.86. The summed E-state index contributed by atoms with van der Waals surface area (Å²) >= 11 is 0. The van der Waals surface area contributed by atoms with Crippen LogP contribution in [0.1, 0.15) is 30.7 Å². The molecule has 1 fully saturated rings. The summed E-state index contributed by atoms with van der Waals surface area (Å²) in [5, 5.41) is 3.00. The first-order valence-corrected chi connectivity index (χ1v) is 6.86. The van der Waals surface area contributed by atoms with Gasteiger partial charge < -0.3 is 9.73 Å². The van der Waals surface area contributed by atoms with Crippen LogP contribution in [0.2, 0.25) is 0 Å². The van der Waals surface area contributed by atoms with Gasteiger partial charge in [-0.2, -0.15) is 0 Å². The van der Waals surface area contributed by atoms with E-state index >= 15 is 0 Å². The van der Waals surface area contributed by atoms with Crippen LogP contribution in [0.15, 0.2) is 22.6 Å². The Hall–Kier alpha value is -1.84. The Labute approximate surface area is 112 Å². The monoisotopic (exact) mass is 258 g/mol. The molecule has 1 heterocycles. The number of fused-ring (bicyclic) bond motifs is 1. The van der Waals surface area contributed by atoms with Crippen molar-refractivity contribution in [1.29, 1.82) is 0 Å². The van der Waals surface area contributed by atoms with Gasteiger partial charge in [-0.05, 0) is 37.0 Å². The topological polar surface area (TPSA) is 55.1 Å². The van der Waals surface area contributed by atoms with Crippen molar-refractivity contribution in [3.63, 3.8) is 0 Å². The number of aryl methyl sites for hydroxylation is 1. The van der Waals surface area contributed by atoms with E-state index in [1.54, 1.807) is 0 Å². The Kier molecular flexibility index (Phi) is 3.23. The van der Waals surface area contributed by atoms with Crippen molar-refractivity contribution < 1.29 is 9.21 Å². The molecule has 1 aliphatic rings. The first-order chi connectivity index (χ1) is 9.22. The van der Waals surface area contributed by atoms with E-state index in [2.05, 4.69) is 10.3 Å². The lowest BCUT2D eigenvalue weighted by atomic mass is 9.85. The van der Waals surface area contributed by atoms with Crippen LogP contribution in [0.5, 0.6) is 0 Å². The van der Waals surface area contributed by atoms with E-state index < -0.39 is 0 Å². The number of hydrogen-bond donors (Lipinski definition) is 1. The summed E-state index contributed by atoms with van der Waals surface area (Å²) in [5.74, 6) is 1.16. The molecule has 0 spiro atoms. The molecule has 1 amide bonds. The van der Waals surface area contributed by atoms with Gasteiger partial charge in [0.2, 0.25) is 5.91 Å². The maximum Gasteiger partial charge on any atom is 0.223 e. The molecule has 0 aliphatic heterocycles. The molecule has 0 unspecified atom stereocenters. The molecular formula is C15H18N2O2. The fourth-order valence-corrected chi connectivity index (χ4v) is 2.38. The number of nitrogens with zero attached hydrogens (tertiary/aromatic N) is 1. The second-order valence-electron chi connectivity index (χ2n) is 5.20. The van der Waals surface area contributed by atoms with Gasteiger partial charge in [0.05, 0.1) is 0 Å². The SMILES string of the molecule is Cc1nc2ccc(CCNC(=O)C3CCC3)cc2o1. The Morgan fingerprint density at radius 3 is 3.05 bits per heavy atom. The molecule has 0 bridgehead atoms. The zero-order valence-electron chi connectivity index (χ0n) is 11.1. The number of carbonyl (C=O) groups is 1. The van der Waals surface area contributed by atoms with Gasteiger partial charge in [-0.1, -0.05) is 12.5 Å². The van der Waals surface area contributed by atoms with Gasteiger partial charge in [-0.25, -0.2) is 4.98 Å². The minimum absolute atomic E-state index is 0.211. The summed E-state index contributed by atoms with van der Waals surface area (Å²) in [4.78, 5) is 16.0. The van der Waals surface area contributed by atoms with E-state index in [1.165, 1.54) is 6.42 Å². The number of benzene rings is 1. The molecule has 1 aliphatic carbocycles. The third-order valence-electron chi connectivity index (χ3n) is 3.75. The van der Waals surface area contributed by atoms with Crippen LogP contribution < -0.4 is 5.32 Å². The zero-order valence-corrected chi connectivity index (χ0v) is 11.1. The highest BCUT2D eigenvalue weighted by molar-refractivity contribution is 5.79. The third-order valence-corrected chi connectivity index (χ3v) is 3.75. The maximum atomic E-state index is 11.7. The van der Waals surface area contributed by atoms with Gasteiger partial charge in [-0.15, -0.1) is 0 Å². The van der Waals surface area contributed by atoms with Crippen molar-refractivity contribution in [3.8, 4) is 0 Å². The van der Waals surface area contributed by atoms with Gasteiger partial charge >= 0.3 is 0 Å². The van der Waals surface area contributed by atoms with Crippen LogP contribution in [0, 0.1) is 12.8 Å². The number of nitrogens with one attached hydrogen (secondary N) is 1. The molecule has 4 nitrogen and oxygen atoms in total. The van der Waals surface area contributed by atoms with Crippen LogP contribution in [0.3, 0.4) is 0 Å². The fraction of sp³-hybridized carbons (Fsp3) is 0.467. The van der Waals surface area contributed by atoms with E-state index in [4.69, 9.17) is 4.42 Å². The molecule has 3 rings (SSSR count). The van der Waals surface area contributed by atoms with Gasteiger partial charge in [0.15, 0.2) is 11.5 Å². The minimum atomic E-state index is 0.211. The molecule has 2 aromatic rings. The van der Waals surface area contributed by atoms with Crippen molar-refractivity contribution in [1.82, 2.24) is 10.3 Å². The minimum Gasteiger partial charge on any atom is -0.441 e. The van der Waals surface area contributed by atoms with E-state index in [1.807, 2.05) is 25.1 Å². The molecular weight excluding hydrogens is 240 g/mol. The van der Waals surface area contributed by atoms with E-state index in [-0.39, 0.29) is 11.8 Å². The number of amides is 1. The zero-order chi connectivity index (χ0) is 13.2. The van der Waals surface area contributed by atoms with Crippen LogP contribution >= 0.6 is 0 Å². The van der Waals surface area contributed by atoms with Crippen LogP contribution in [0.4, 0.5) is 0 Å². The normalized spacial score (nSPS) is 15.4. The lowest BCUT2D eigenvalue weighted by Gasteiger charge is -2.23. The highest BCUT2D eigenvalue weighted by Crippen LogP contribution is 2.26. The van der Waals surface area contributed by atoms with Gasteiger partial charge in [0.25, 0.3) is 0 Å². The van der Waals surface area contributed by atoms with Crippen LogP contribution in [-0.2, 0) is 11.2 Å². The summed E-state index contributed by atoms with van der Waals surface area (Å²) in [6.07, 6.45) is 4.12. The second kappa shape index (κ2) is 5.03. The molecule has 0 radical (unpaired) electrons. The largest absolute Gasteiger partial charge is 0.441 e. The van der Waals surface area contributed by atoms with Crippen LogP contribution in [0.25, 0.3) is 11.1 Å². The Morgan fingerprint density at radius 1 is 1.47 bits per heavy atom. The van der Waals surface area contributed by atoms with Crippen molar-refractivity contribution in [2.75, 3.05) is 6.54 Å². The number of rotatable bonds is 4. The van der Waals surface area contributed by atoms with Gasteiger partial charge in [-0.3, -0.25) is 4.79 Å². The highest BCUT2D eigenvalue weighted by Gasteiger charge is 2.24. The maximum absolute atomic E-state index is 11.7. The van der Waals surface area contributed by atoms with E-state index in [0.717, 1.165) is 35.9 Å². The number of oxazole rings is 1. The number of hydrogen-bond acceptors (Lipinski definition) is 3. The highest BCUT2D eigenvalue weighted by atomic mass is 16.3. The fourth-order valence-electron chi connectivity index (χ4n) is 2.38. The summed E-state index contributed by atoms with van der Waals surface area (Å²) < 4.78 is 5.50. The summed E-state index contributed by atoms with van der Waals surface area (Å²) in [5.41, 5.74) is 2.87. The smallest absolute Gasteiger partial charge is 0.223 e. The van der Waals surface area contributed by atoms with Gasteiger partial charge in [0.1, 0.15) is 5.52 Å². The molecule has 100 valence electrons. The molecule has 1 aromatic carbocycles. The van der Waals surface area contributed by atoms with Gasteiger partial charge in [0, 0.05) is 19.4 Å². The van der Waals surface area contributed by atoms with Crippen molar-refractivity contribution in [2.24, 2.45) is 5.92 Å². The predicted octanol–water partition coefficient (Wildman–Crippen LogP) is 2.60. The van der Waals surface area contributed by atoms with E-state index in [0.29, 0.717) is 12.4 Å². The van der Waals surface area contributed by atoms with E-state index in [9.17, 15) is 4.79 Å². The first kappa shape index (κ1) is 12.2. The quantitative estimate of drug-likeness (QED) is 0.917. The van der Waals surface area contributed by atoms with Crippen molar-refractivity contribution in [2.45, 2.75) is 32.6 Å². The summed E-state index contributed by atoms with van der Waals surface area (Å²) in [6.45, 7) is 2.53. The number of aromatic nitrogens is 1. The Balaban J connectivity index is 1.57. The lowest BCUT2D eigenvalue weighted by Crippen LogP contribution is -2.35. The predicted molar refractivity (Wildman–Crippen MR) is 72.8 cm³/mol. The Bertz CT molecular complexity index is 599. The molecule has 0 atom stereocenters. The summed E-state index contributed by atoms with van der Waals surface area (Å²) in [6, 6.07) is 6.01. The average molecular weight is 258 g/mol. The van der Waals surface area contributed by atoms with Crippen LogP contribution in [-0.4, -0.2) is 17.4 Å². The molecule has 4 heteroatoms. The summed E-state index contributed by atoms with van der Waals surface area (Å²) in [7, 11) is 0. The molecule has 1 aromatic heterocycles. The molecule has 0 saturated heterocycles. The average Bonchev–Trinajstić information content (AvgIpc) is 2.66. The standard InChI is InChI=1S/C15H18N2O2/c1-10-17-13-6-5-11(9-14(13)19-10)7-8-16-15(18)12-3-2-4-12/h5-6,9,12H,2-4,7-8H2,1H3,(H,16,18). The number of carbonyl (C=O) groups excluding carboxylic acids is 1. The lowest BCUT2D eigenvalue weighted by molar-refractivity contribution is -0.127. The molecule has 1 N–H and O–H groups in total. The van der Waals surface area contributed by atoms with Crippen molar-refractivity contribution >= 4 is 17.0 Å². The van der Waals surface area contributed by atoms with Crippen molar-refractivity contribution in [3.05, 3.63) is 29.7 Å². The Morgan fingerprint density at radius 2 is 2.32 bits per heavy atom. The second-order valence-corrected chi connectivity index (χ2v) is 5.20. The third kappa shape index (κ3) is 2.62.